The highest BCUT2D eigenvalue weighted by atomic mass is 19.4. The third kappa shape index (κ3) is 3.60. The van der Waals surface area contributed by atoms with E-state index < -0.39 is 18.8 Å². The third-order valence-corrected chi connectivity index (χ3v) is 5.47. The maximum absolute atomic E-state index is 12.8. The van der Waals surface area contributed by atoms with Gasteiger partial charge in [-0.05, 0) is 31.5 Å². The van der Waals surface area contributed by atoms with E-state index in [1.807, 2.05) is 0 Å². The molecule has 2 aliphatic heterocycles. The molecule has 2 aliphatic rings. The molecule has 0 fully saturated rings. The van der Waals surface area contributed by atoms with Crippen LogP contribution < -0.4 is 14.4 Å². The fourth-order valence-electron chi connectivity index (χ4n) is 4.08. The molecule has 32 heavy (non-hydrogen) atoms. The molecule has 1 aromatic heterocycles. The van der Waals surface area contributed by atoms with Gasteiger partial charge >= 0.3 is 12.1 Å². The van der Waals surface area contributed by atoms with Gasteiger partial charge in [0.05, 0.1) is 35.2 Å². The molecule has 0 spiro atoms. The largest absolute Gasteiger partial charge is 0.491 e. The van der Waals surface area contributed by atoms with Crippen LogP contribution in [0.15, 0.2) is 29.6 Å². The van der Waals surface area contributed by atoms with Crippen LogP contribution in [0.1, 0.15) is 29.2 Å². The van der Waals surface area contributed by atoms with Gasteiger partial charge in [0.25, 0.3) is 0 Å². The van der Waals surface area contributed by atoms with Crippen LogP contribution in [-0.4, -0.2) is 35.4 Å². The monoisotopic (exact) mass is 445 g/mol. The molecule has 10 heteroatoms. The van der Waals surface area contributed by atoms with Crippen LogP contribution in [0.25, 0.3) is 0 Å². The summed E-state index contributed by atoms with van der Waals surface area (Å²) in [5, 5.41) is 19.2. The van der Waals surface area contributed by atoms with E-state index in [-0.39, 0.29) is 23.4 Å². The van der Waals surface area contributed by atoms with E-state index in [0.717, 1.165) is 0 Å². The van der Waals surface area contributed by atoms with Gasteiger partial charge in [0, 0.05) is 35.9 Å². The molecule has 4 rings (SSSR count). The number of ether oxygens (including phenoxy) is 2. The number of aromatic nitrogens is 1. The lowest BCUT2D eigenvalue weighted by Gasteiger charge is -2.35. The van der Waals surface area contributed by atoms with Gasteiger partial charge in [-0.15, -0.1) is 0 Å². The first-order valence-corrected chi connectivity index (χ1v) is 9.72. The zero-order valence-corrected chi connectivity index (χ0v) is 17.2. The van der Waals surface area contributed by atoms with Crippen LogP contribution >= 0.6 is 0 Å². The van der Waals surface area contributed by atoms with E-state index >= 15 is 0 Å². The molecule has 0 saturated heterocycles. The number of halogens is 3. The molecule has 3 heterocycles. The van der Waals surface area contributed by atoms with E-state index in [1.165, 1.54) is 6.20 Å². The highest BCUT2D eigenvalue weighted by Gasteiger charge is 2.36. The molecule has 0 radical (unpaired) electrons. The number of fused-ring (bicyclic) bond motifs is 2. The quantitative estimate of drug-likeness (QED) is 0.754. The summed E-state index contributed by atoms with van der Waals surface area (Å²) in [7, 11) is 0. The standard InChI is InChI=1S/C22H18F3N3O4/c1-11-9-27-20(32-10-22(23,24)25)16-7-15(21(29)30)12(2)28(18(11)16)17-4-3-13(8-26)14-5-6-31-19(14)17/h3-4,9H,5-7,10H2,1-2H3,(H,29,30). The van der Waals surface area contributed by atoms with E-state index in [9.17, 15) is 28.3 Å². The minimum absolute atomic E-state index is 0.00198. The van der Waals surface area contributed by atoms with E-state index in [4.69, 9.17) is 9.47 Å². The maximum atomic E-state index is 12.8. The maximum Gasteiger partial charge on any atom is 0.422 e. The number of nitriles is 1. The average Bonchev–Trinajstić information content (AvgIpc) is 3.22. The van der Waals surface area contributed by atoms with Gasteiger partial charge < -0.3 is 19.5 Å². The Kier molecular flexibility index (Phi) is 5.20. The molecule has 0 amide bonds. The van der Waals surface area contributed by atoms with Crippen LogP contribution in [-0.2, 0) is 17.6 Å². The number of allylic oxidation sites excluding steroid dienone is 1. The fourth-order valence-corrected chi connectivity index (χ4v) is 4.08. The number of anilines is 2. The van der Waals surface area contributed by atoms with Gasteiger partial charge in [-0.1, -0.05) is 0 Å². The molecular weight excluding hydrogens is 427 g/mol. The number of hydrogen-bond donors (Lipinski definition) is 1. The molecule has 0 unspecified atom stereocenters. The normalized spacial score (nSPS) is 15.1. The van der Waals surface area contributed by atoms with Crippen molar-refractivity contribution < 1.29 is 32.5 Å². The number of aryl methyl sites for hydroxylation is 1. The first kappa shape index (κ1) is 21.5. The van der Waals surface area contributed by atoms with Gasteiger partial charge in [0.2, 0.25) is 5.88 Å². The Morgan fingerprint density at radius 3 is 2.75 bits per heavy atom. The van der Waals surface area contributed by atoms with Crippen LogP contribution in [0.5, 0.6) is 11.6 Å². The Hall–Kier alpha value is -3.74. The Morgan fingerprint density at radius 2 is 2.09 bits per heavy atom. The van der Waals surface area contributed by atoms with Crippen LogP contribution in [0.4, 0.5) is 24.5 Å². The molecule has 0 aliphatic carbocycles. The predicted octanol–water partition coefficient (Wildman–Crippen LogP) is 4.19. The second-order valence-electron chi connectivity index (χ2n) is 7.51. The Bertz CT molecular complexity index is 1200. The number of rotatable bonds is 4. The Balaban J connectivity index is 1.94. The molecule has 7 nitrogen and oxygen atoms in total. The average molecular weight is 445 g/mol. The molecule has 0 saturated carbocycles. The molecule has 0 bridgehead atoms. The van der Waals surface area contributed by atoms with Crippen molar-refractivity contribution in [3.8, 4) is 17.7 Å². The molecule has 0 atom stereocenters. The second kappa shape index (κ2) is 7.75. The number of nitrogens with zero attached hydrogens (tertiary/aromatic N) is 3. The summed E-state index contributed by atoms with van der Waals surface area (Å²) >= 11 is 0. The van der Waals surface area contributed by atoms with Crippen molar-refractivity contribution in [2.75, 3.05) is 18.1 Å². The van der Waals surface area contributed by atoms with Gasteiger partial charge in [0.1, 0.15) is 5.75 Å². The van der Waals surface area contributed by atoms with Gasteiger partial charge in [-0.3, -0.25) is 0 Å². The zero-order valence-electron chi connectivity index (χ0n) is 17.2. The molecule has 166 valence electrons. The number of benzene rings is 1. The summed E-state index contributed by atoms with van der Waals surface area (Å²) in [6, 6.07) is 5.40. The van der Waals surface area contributed by atoms with Gasteiger partial charge in [0.15, 0.2) is 6.61 Å². The van der Waals surface area contributed by atoms with E-state index in [2.05, 4.69) is 11.1 Å². The number of aliphatic carboxylic acids is 1. The van der Waals surface area contributed by atoms with Gasteiger partial charge in [-0.2, -0.15) is 18.4 Å². The van der Waals surface area contributed by atoms with Gasteiger partial charge in [-0.25, -0.2) is 9.78 Å². The van der Waals surface area contributed by atoms with Crippen molar-refractivity contribution in [1.82, 2.24) is 4.98 Å². The van der Waals surface area contributed by atoms with Crippen molar-refractivity contribution in [2.45, 2.75) is 32.9 Å². The number of carbonyl (C=O) groups is 1. The SMILES string of the molecule is CC1=C(C(=O)O)Cc2c(OCC(F)(F)F)ncc(C)c2N1c1ccc(C#N)c2c1OCC2. The minimum Gasteiger partial charge on any atom is -0.491 e. The van der Waals surface area contributed by atoms with Crippen LogP contribution in [0.2, 0.25) is 0 Å². The summed E-state index contributed by atoms with van der Waals surface area (Å²) in [6.07, 6.45) is -2.80. The van der Waals surface area contributed by atoms with Crippen molar-refractivity contribution in [2.24, 2.45) is 0 Å². The molecule has 2 aromatic rings. The Labute approximate surface area is 181 Å². The fraction of sp³-hybridized carbons (Fsp3) is 0.318. The van der Waals surface area contributed by atoms with Crippen LogP contribution in [0, 0.1) is 18.3 Å². The van der Waals surface area contributed by atoms with Crippen molar-refractivity contribution in [3.05, 3.63) is 51.9 Å². The number of pyridine rings is 1. The zero-order chi connectivity index (χ0) is 23.2. The van der Waals surface area contributed by atoms with Crippen molar-refractivity contribution in [1.29, 1.82) is 5.26 Å². The van der Waals surface area contributed by atoms with Crippen molar-refractivity contribution >= 4 is 17.3 Å². The lowest BCUT2D eigenvalue weighted by Crippen LogP contribution is -2.28. The topological polar surface area (TPSA) is 95.7 Å². The van der Waals surface area contributed by atoms with E-state index in [0.29, 0.717) is 52.5 Å². The third-order valence-electron chi connectivity index (χ3n) is 5.47. The lowest BCUT2D eigenvalue weighted by molar-refractivity contribution is -0.154. The first-order valence-electron chi connectivity index (χ1n) is 9.72. The highest BCUT2D eigenvalue weighted by molar-refractivity contribution is 5.94. The minimum atomic E-state index is -4.57. The lowest BCUT2D eigenvalue weighted by atomic mass is 9.93. The smallest absolute Gasteiger partial charge is 0.422 e. The Morgan fingerprint density at radius 1 is 1.34 bits per heavy atom. The summed E-state index contributed by atoms with van der Waals surface area (Å²) in [5.74, 6) is -1.02. The molecule has 1 aromatic carbocycles. The molecular formula is C22H18F3N3O4. The summed E-state index contributed by atoms with van der Waals surface area (Å²) in [6.45, 7) is 2.18. The van der Waals surface area contributed by atoms with E-state index in [1.54, 1.807) is 30.9 Å². The van der Waals surface area contributed by atoms with Crippen molar-refractivity contribution in [3.63, 3.8) is 0 Å². The summed E-state index contributed by atoms with van der Waals surface area (Å²) < 4.78 is 49.1. The predicted molar refractivity (Wildman–Crippen MR) is 107 cm³/mol. The molecule has 1 N–H and O–H groups in total. The number of carboxylic acids is 1. The second-order valence-corrected chi connectivity index (χ2v) is 7.51. The van der Waals surface area contributed by atoms with Crippen LogP contribution in [0.3, 0.4) is 0 Å². The highest BCUT2D eigenvalue weighted by Crippen LogP contribution is 2.49. The summed E-state index contributed by atoms with van der Waals surface area (Å²) in [4.78, 5) is 17.6. The number of hydrogen-bond acceptors (Lipinski definition) is 6. The number of alkyl halides is 3. The first-order chi connectivity index (χ1) is 15.1. The summed E-state index contributed by atoms with van der Waals surface area (Å²) in [5.41, 5.74) is 3.42. The number of carboxylic acid groups (broad SMARTS) is 1.